The van der Waals surface area contributed by atoms with E-state index in [0.29, 0.717) is 31.5 Å². The van der Waals surface area contributed by atoms with Gasteiger partial charge in [-0.3, -0.25) is 0 Å². The van der Waals surface area contributed by atoms with Crippen LogP contribution in [0.1, 0.15) is 48.3 Å². The Morgan fingerprint density at radius 1 is 0.652 bits per heavy atom. The number of rotatable bonds is 0. The second kappa shape index (κ2) is 8.29. The van der Waals surface area contributed by atoms with Gasteiger partial charge >= 0.3 is 0 Å². The minimum Gasteiger partial charge on any atom is -0.228 e. The van der Waals surface area contributed by atoms with Crippen LogP contribution in [0, 0.1) is 0 Å². The Morgan fingerprint density at radius 2 is 1.00 bits per heavy atom. The van der Waals surface area contributed by atoms with Crippen LogP contribution in [0.5, 0.6) is 0 Å². The second-order valence-corrected chi connectivity index (χ2v) is 13.0. The summed E-state index contributed by atoms with van der Waals surface area (Å²) in [6.45, 7) is 0. The van der Waals surface area contributed by atoms with Crippen LogP contribution in [0.2, 0.25) is 0 Å². The molecule has 9 heteroatoms. The summed E-state index contributed by atoms with van der Waals surface area (Å²) in [7, 11) is -6.33. The molecule has 0 saturated carbocycles. The van der Waals surface area contributed by atoms with E-state index in [9.17, 15) is 16.8 Å². The first-order valence-electron chi connectivity index (χ1n) is 7.56. The molecular weight excluding hydrogens is 488 g/mol. The van der Waals surface area contributed by atoms with E-state index in [2.05, 4.69) is 31.9 Å². The van der Waals surface area contributed by atoms with Crippen molar-refractivity contribution >= 4 is 62.9 Å². The molecule has 0 fully saturated rings. The lowest BCUT2D eigenvalue weighted by Crippen LogP contribution is -2.09. The zero-order valence-corrected chi connectivity index (χ0v) is 18.3. The summed E-state index contributed by atoms with van der Waals surface area (Å²) >= 11 is 8.07. The van der Waals surface area contributed by atoms with Gasteiger partial charge in [0.15, 0.2) is 19.7 Å². The van der Waals surface area contributed by atoms with Crippen molar-refractivity contribution in [2.45, 2.75) is 50.0 Å². The highest BCUT2D eigenvalue weighted by Crippen LogP contribution is 2.39. The van der Waals surface area contributed by atoms with Gasteiger partial charge in [0.1, 0.15) is 0 Å². The van der Waals surface area contributed by atoms with Crippen LogP contribution in [-0.2, 0) is 31.2 Å². The minimum atomic E-state index is -3.17. The summed E-state index contributed by atoms with van der Waals surface area (Å²) < 4.78 is 50.4. The van der Waals surface area contributed by atoms with Gasteiger partial charge < -0.3 is 0 Å². The molecule has 0 N–H and O–H groups in total. The molecule has 0 aliphatic carbocycles. The first kappa shape index (κ1) is 19.9. The third kappa shape index (κ3) is 6.09. The molecule has 23 heavy (non-hydrogen) atoms. The number of sulfone groups is 2. The van der Waals surface area contributed by atoms with Crippen molar-refractivity contribution in [3.8, 4) is 0 Å². The van der Waals surface area contributed by atoms with Crippen LogP contribution in [0.25, 0.3) is 0 Å². The Balaban J connectivity index is 2.30. The van der Waals surface area contributed by atoms with Crippen molar-refractivity contribution in [3.05, 3.63) is 18.7 Å². The third-order valence-corrected chi connectivity index (χ3v) is 11.4. The fraction of sp³-hybridized carbons (Fsp3) is 0.714. The number of fused-ring (bicyclic) bond motifs is 2. The first-order valence-corrected chi connectivity index (χ1v) is 13.6. The van der Waals surface area contributed by atoms with E-state index in [4.69, 9.17) is 0 Å². The summed E-state index contributed by atoms with van der Waals surface area (Å²) in [5, 5.41) is 0. The van der Waals surface area contributed by atoms with Crippen molar-refractivity contribution in [2.24, 2.45) is 0 Å². The Bertz CT molecular complexity index is 689. The SMILES string of the molecule is O=S1(=O)CCCCCCCCS(=O)(=O)Cc2sc(c(Br)c2Br)C1. The quantitative estimate of drug-likeness (QED) is 0.519. The molecule has 132 valence electrons. The normalized spacial score (nSPS) is 22.9. The van der Waals surface area contributed by atoms with Crippen LogP contribution >= 0.6 is 43.2 Å². The molecule has 0 spiro atoms. The molecule has 0 aromatic carbocycles. The van der Waals surface area contributed by atoms with Crippen molar-refractivity contribution in [3.63, 3.8) is 0 Å². The van der Waals surface area contributed by atoms with Crippen LogP contribution in [0.4, 0.5) is 0 Å². The highest BCUT2D eigenvalue weighted by atomic mass is 79.9. The largest absolute Gasteiger partial charge is 0.228 e. The van der Waals surface area contributed by atoms with Gasteiger partial charge in [-0.1, -0.05) is 25.7 Å². The highest BCUT2D eigenvalue weighted by molar-refractivity contribution is 9.13. The summed E-state index contributed by atoms with van der Waals surface area (Å²) in [5.41, 5.74) is 0. The van der Waals surface area contributed by atoms with E-state index < -0.39 is 19.7 Å². The van der Waals surface area contributed by atoms with Gasteiger partial charge in [-0.25, -0.2) is 16.8 Å². The molecule has 0 unspecified atom stereocenters. The maximum Gasteiger partial charge on any atom is 0.155 e. The second-order valence-electron chi connectivity index (χ2n) is 5.88. The molecule has 1 aromatic rings. The lowest BCUT2D eigenvalue weighted by Gasteiger charge is -2.05. The standard InChI is InChI=1S/C14H20Br2O4S3/c15-13-11-9-22(17,18)7-5-3-1-2-4-6-8-23(19,20)10-12(21-11)14(13)16/h1-10H2. The predicted octanol–water partition coefficient (Wildman–Crippen LogP) is 4.46. The molecule has 0 amide bonds. The summed E-state index contributed by atoms with van der Waals surface area (Å²) in [6, 6.07) is 0. The van der Waals surface area contributed by atoms with Gasteiger partial charge in [-0.15, -0.1) is 11.3 Å². The lowest BCUT2D eigenvalue weighted by molar-refractivity contribution is 0.575. The monoisotopic (exact) mass is 506 g/mol. The highest BCUT2D eigenvalue weighted by Gasteiger charge is 2.23. The van der Waals surface area contributed by atoms with E-state index in [1.54, 1.807) is 0 Å². The topological polar surface area (TPSA) is 68.3 Å². The predicted molar refractivity (Wildman–Crippen MR) is 102 cm³/mol. The van der Waals surface area contributed by atoms with Crippen molar-refractivity contribution < 1.29 is 16.8 Å². The van der Waals surface area contributed by atoms with E-state index in [-0.39, 0.29) is 23.0 Å². The van der Waals surface area contributed by atoms with Crippen molar-refractivity contribution in [1.29, 1.82) is 0 Å². The third-order valence-electron chi connectivity index (χ3n) is 3.79. The maximum absolute atomic E-state index is 12.3. The number of hydrogen-bond acceptors (Lipinski definition) is 5. The Morgan fingerprint density at radius 3 is 1.39 bits per heavy atom. The van der Waals surface area contributed by atoms with Crippen LogP contribution in [0.3, 0.4) is 0 Å². The number of thiophene rings is 1. The van der Waals surface area contributed by atoms with Gasteiger partial charge in [-0.2, -0.15) is 0 Å². The molecule has 2 rings (SSSR count). The van der Waals surface area contributed by atoms with Crippen LogP contribution in [0.15, 0.2) is 8.95 Å². The summed E-state index contributed by atoms with van der Waals surface area (Å²) in [4.78, 5) is 1.36. The maximum atomic E-state index is 12.3. The van der Waals surface area contributed by atoms with E-state index >= 15 is 0 Å². The summed E-state index contributed by atoms with van der Waals surface area (Å²) in [6.07, 6.45) is 5.05. The van der Waals surface area contributed by atoms with Gasteiger partial charge in [0.05, 0.1) is 23.0 Å². The Kier molecular flexibility index (Phi) is 7.17. The molecule has 1 aromatic heterocycles. The fourth-order valence-corrected chi connectivity index (χ4v) is 9.34. The summed E-state index contributed by atoms with van der Waals surface area (Å²) in [5.74, 6) is 0.332. The zero-order chi connectivity index (χ0) is 17.1. The lowest BCUT2D eigenvalue weighted by atomic mass is 10.1. The molecule has 4 nitrogen and oxygen atoms in total. The van der Waals surface area contributed by atoms with Gasteiger partial charge in [0.25, 0.3) is 0 Å². The van der Waals surface area contributed by atoms with Crippen LogP contribution in [-0.4, -0.2) is 28.3 Å². The molecule has 1 aliphatic rings. The molecule has 0 saturated heterocycles. The molecule has 1 aliphatic heterocycles. The van der Waals surface area contributed by atoms with E-state index in [1.165, 1.54) is 11.3 Å². The van der Waals surface area contributed by atoms with Gasteiger partial charge in [-0.05, 0) is 44.7 Å². The average Bonchev–Trinajstić information content (AvgIpc) is 2.68. The minimum absolute atomic E-state index is 0.0309. The van der Waals surface area contributed by atoms with E-state index in [0.717, 1.165) is 25.7 Å². The smallest absolute Gasteiger partial charge is 0.155 e. The first-order chi connectivity index (χ1) is 10.7. The Hall–Kier alpha value is 0.560. The molecule has 2 bridgehead atoms. The van der Waals surface area contributed by atoms with Gasteiger partial charge in [0.2, 0.25) is 0 Å². The fourth-order valence-electron chi connectivity index (χ4n) is 2.56. The zero-order valence-electron chi connectivity index (χ0n) is 12.7. The van der Waals surface area contributed by atoms with Crippen molar-refractivity contribution in [2.75, 3.05) is 11.5 Å². The van der Waals surface area contributed by atoms with Gasteiger partial charge in [0, 0.05) is 18.7 Å². The average molecular weight is 508 g/mol. The van der Waals surface area contributed by atoms with Crippen LogP contribution < -0.4 is 0 Å². The van der Waals surface area contributed by atoms with E-state index in [1.807, 2.05) is 0 Å². The number of halogens is 2. The molecular formula is C14H20Br2O4S3. The molecule has 0 atom stereocenters. The van der Waals surface area contributed by atoms with Crippen molar-refractivity contribution in [1.82, 2.24) is 0 Å². The molecule has 2 heterocycles. The number of hydrogen-bond donors (Lipinski definition) is 0. The molecule has 0 radical (unpaired) electrons. The Labute approximate surface area is 159 Å².